The number of rotatable bonds is 2. The van der Waals surface area contributed by atoms with E-state index in [0.29, 0.717) is 35.2 Å². The van der Waals surface area contributed by atoms with Crippen LogP contribution in [-0.2, 0) is 0 Å². The van der Waals surface area contributed by atoms with Gasteiger partial charge in [-0.1, -0.05) is 28.4 Å². The molecule has 0 aromatic heterocycles. The molecule has 3 rings (SSSR count). The summed E-state index contributed by atoms with van der Waals surface area (Å²) < 4.78 is 5.56. The van der Waals surface area contributed by atoms with Crippen LogP contribution in [0.2, 0.25) is 0 Å². The van der Waals surface area contributed by atoms with E-state index in [-0.39, 0.29) is 5.91 Å². The van der Waals surface area contributed by atoms with Crippen LogP contribution in [0.5, 0.6) is 5.75 Å². The number of carbonyl (C=O) groups is 1. The summed E-state index contributed by atoms with van der Waals surface area (Å²) in [5, 5.41) is 2.84. The van der Waals surface area contributed by atoms with E-state index < -0.39 is 0 Å². The van der Waals surface area contributed by atoms with Crippen molar-refractivity contribution in [2.75, 3.05) is 13.2 Å². The van der Waals surface area contributed by atoms with E-state index >= 15 is 0 Å². The van der Waals surface area contributed by atoms with Crippen LogP contribution in [0.1, 0.15) is 40.0 Å². The lowest BCUT2D eigenvalue weighted by molar-refractivity contribution is 0.0957. The van der Waals surface area contributed by atoms with Gasteiger partial charge in [-0.3, -0.25) is 4.79 Å². The lowest BCUT2D eigenvalue weighted by Crippen LogP contribution is -2.24. The molecule has 0 spiro atoms. The van der Waals surface area contributed by atoms with E-state index in [1.807, 2.05) is 12.1 Å². The fourth-order valence-electron chi connectivity index (χ4n) is 2.45. The second-order valence-corrected chi connectivity index (χ2v) is 5.94. The molecule has 1 N–H and O–H groups in total. The van der Waals surface area contributed by atoms with E-state index in [4.69, 9.17) is 4.74 Å². The molecular weight excluding hydrogens is 294 g/mol. The van der Waals surface area contributed by atoms with Crippen molar-refractivity contribution in [1.82, 2.24) is 5.32 Å². The molecule has 1 unspecified atom stereocenters. The second-order valence-electron chi connectivity index (χ2n) is 4.95. The number of hydrogen-bond acceptors (Lipinski definition) is 2. The fourth-order valence-corrected chi connectivity index (χ4v) is 3.26. The Labute approximate surface area is 115 Å². The maximum Gasteiger partial charge on any atom is 0.255 e. The van der Waals surface area contributed by atoms with Gasteiger partial charge in [0.05, 0.1) is 12.1 Å². The van der Waals surface area contributed by atoms with Gasteiger partial charge in [-0.15, -0.1) is 0 Å². The molecule has 0 saturated heterocycles. The second kappa shape index (κ2) is 4.92. The van der Waals surface area contributed by atoms with Crippen LogP contribution >= 0.6 is 15.9 Å². The van der Waals surface area contributed by atoms with Gasteiger partial charge in [0.15, 0.2) is 0 Å². The third-order valence-electron chi connectivity index (χ3n) is 3.78. The van der Waals surface area contributed by atoms with E-state index in [1.165, 1.54) is 24.8 Å². The number of alkyl halides is 1. The van der Waals surface area contributed by atoms with Crippen molar-refractivity contribution in [3.8, 4) is 5.75 Å². The summed E-state index contributed by atoms with van der Waals surface area (Å²) in [7, 11) is 0. The van der Waals surface area contributed by atoms with Gasteiger partial charge in [0.2, 0.25) is 0 Å². The van der Waals surface area contributed by atoms with Gasteiger partial charge in [-0.2, -0.15) is 0 Å². The van der Waals surface area contributed by atoms with Gasteiger partial charge < -0.3 is 10.1 Å². The first-order chi connectivity index (χ1) is 8.75. The standard InChI is InChI=1S/C14H16BrNO2/c15-13(9-2-1-3-9)10-4-5-12-11(8-10)14(17)16-6-7-18-12/h4-5,8-9,13H,1-3,6-7H2,(H,16,17). The van der Waals surface area contributed by atoms with Crippen LogP contribution in [0.25, 0.3) is 0 Å². The minimum atomic E-state index is -0.0299. The Morgan fingerprint density at radius 1 is 1.39 bits per heavy atom. The Hall–Kier alpha value is -1.03. The molecule has 1 saturated carbocycles. The number of halogens is 1. The molecular formula is C14H16BrNO2. The number of benzene rings is 1. The van der Waals surface area contributed by atoms with Crippen LogP contribution in [-0.4, -0.2) is 19.1 Å². The van der Waals surface area contributed by atoms with Gasteiger partial charge in [0.25, 0.3) is 5.91 Å². The number of nitrogens with one attached hydrogen (secondary N) is 1. The van der Waals surface area contributed by atoms with Crippen molar-refractivity contribution < 1.29 is 9.53 Å². The van der Waals surface area contributed by atoms with Gasteiger partial charge in [0.1, 0.15) is 12.4 Å². The minimum Gasteiger partial charge on any atom is -0.491 e. The molecule has 0 bridgehead atoms. The first kappa shape index (κ1) is 12.0. The number of ether oxygens (including phenoxy) is 1. The average molecular weight is 310 g/mol. The molecule has 1 aliphatic heterocycles. The summed E-state index contributed by atoms with van der Waals surface area (Å²) in [5.74, 6) is 1.37. The maximum absolute atomic E-state index is 11.9. The van der Waals surface area contributed by atoms with E-state index in [9.17, 15) is 4.79 Å². The predicted molar refractivity (Wildman–Crippen MR) is 73.3 cm³/mol. The predicted octanol–water partition coefficient (Wildman–Crippen LogP) is 3.04. The van der Waals surface area contributed by atoms with Gasteiger partial charge in [-0.05, 0) is 36.5 Å². The molecule has 1 aromatic carbocycles. The summed E-state index contributed by atoms with van der Waals surface area (Å²) in [5.41, 5.74) is 1.84. The molecule has 0 radical (unpaired) electrons. The summed E-state index contributed by atoms with van der Waals surface area (Å²) in [6.45, 7) is 1.11. The van der Waals surface area contributed by atoms with Crippen molar-refractivity contribution >= 4 is 21.8 Å². The smallest absolute Gasteiger partial charge is 0.255 e. The van der Waals surface area contributed by atoms with Gasteiger partial charge in [0, 0.05) is 4.83 Å². The quantitative estimate of drug-likeness (QED) is 0.853. The Morgan fingerprint density at radius 2 is 2.22 bits per heavy atom. The van der Waals surface area contributed by atoms with Crippen LogP contribution in [0.3, 0.4) is 0 Å². The van der Waals surface area contributed by atoms with E-state index in [2.05, 4.69) is 27.3 Å². The number of fused-ring (bicyclic) bond motifs is 1. The first-order valence-corrected chi connectivity index (χ1v) is 7.36. The zero-order valence-electron chi connectivity index (χ0n) is 10.1. The van der Waals surface area contributed by atoms with E-state index in [1.54, 1.807) is 0 Å². The van der Waals surface area contributed by atoms with Crippen molar-refractivity contribution in [2.24, 2.45) is 5.92 Å². The summed E-state index contributed by atoms with van der Waals surface area (Å²) in [6.07, 6.45) is 3.87. The van der Waals surface area contributed by atoms with Crippen molar-refractivity contribution in [3.63, 3.8) is 0 Å². The van der Waals surface area contributed by atoms with Crippen LogP contribution in [0.4, 0.5) is 0 Å². The topological polar surface area (TPSA) is 38.3 Å². The lowest BCUT2D eigenvalue weighted by Gasteiger charge is -2.30. The Balaban J connectivity index is 1.91. The summed E-state index contributed by atoms with van der Waals surface area (Å²) in [4.78, 5) is 12.3. The fraction of sp³-hybridized carbons (Fsp3) is 0.500. The molecule has 1 fully saturated rings. The monoisotopic (exact) mass is 309 g/mol. The Kier molecular flexibility index (Phi) is 3.29. The molecule has 1 atom stereocenters. The molecule has 2 aliphatic rings. The zero-order chi connectivity index (χ0) is 12.5. The van der Waals surface area contributed by atoms with Gasteiger partial charge in [-0.25, -0.2) is 0 Å². The number of carbonyl (C=O) groups excluding carboxylic acids is 1. The summed E-state index contributed by atoms with van der Waals surface area (Å²) >= 11 is 3.76. The van der Waals surface area contributed by atoms with Crippen LogP contribution < -0.4 is 10.1 Å². The maximum atomic E-state index is 11.9. The highest BCUT2D eigenvalue weighted by atomic mass is 79.9. The molecule has 4 heteroatoms. The highest BCUT2D eigenvalue weighted by Crippen LogP contribution is 2.43. The van der Waals surface area contributed by atoms with Crippen molar-refractivity contribution in [1.29, 1.82) is 0 Å². The minimum absolute atomic E-state index is 0.0299. The Bertz CT molecular complexity index is 471. The van der Waals surface area contributed by atoms with Crippen molar-refractivity contribution in [2.45, 2.75) is 24.1 Å². The van der Waals surface area contributed by atoms with Crippen LogP contribution in [0.15, 0.2) is 18.2 Å². The SMILES string of the molecule is O=C1NCCOc2ccc(C(Br)C3CCC3)cc21. The molecule has 96 valence electrons. The zero-order valence-corrected chi connectivity index (χ0v) is 11.7. The first-order valence-electron chi connectivity index (χ1n) is 6.45. The highest BCUT2D eigenvalue weighted by Gasteiger charge is 2.27. The number of hydrogen-bond donors (Lipinski definition) is 1. The highest BCUT2D eigenvalue weighted by molar-refractivity contribution is 9.09. The molecule has 1 amide bonds. The molecule has 1 aliphatic carbocycles. The molecule has 1 heterocycles. The lowest BCUT2D eigenvalue weighted by atomic mass is 9.80. The average Bonchev–Trinajstić information content (AvgIpc) is 2.49. The van der Waals surface area contributed by atoms with Crippen LogP contribution in [0, 0.1) is 5.92 Å². The third kappa shape index (κ3) is 2.14. The van der Waals surface area contributed by atoms with E-state index in [0.717, 1.165) is 0 Å². The van der Waals surface area contributed by atoms with Gasteiger partial charge >= 0.3 is 0 Å². The Morgan fingerprint density at radius 3 is 2.94 bits per heavy atom. The molecule has 3 nitrogen and oxygen atoms in total. The third-order valence-corrected chi connectivity index (χ3v) is 5.05. The summed E-state index contributed by atoms with van der Waals surface area (Å²) in [6, 6.07) is 5.95. The largest absolute Gasteiger partial charge is 0.491 e. The molecule has 1 aromatic rings. The number of amides is 1. The van der Waals surface area contributed by atoms with Crippen molar-refractivity contribution in [3.05, 3.63) is 29.3 Å². The molecule has 18 heavy (non-hydrogen) atoms. The normalized spacial score (nSPS) is 21.1.